The van der Waals surface area contributed by atoms with Crippen LogP contribution < -0.4 is 10.1 Å². The first-order valence-electron chi connectivity index (χ1n) is 8.55. The largest absolute Gasteiger partial charge is 0.493 e. The van der Waals surface area contributed by atoms with Gasteiger partial charge in [-0.3, -0.25) is 4.79 Å². The molecule has 0 radical (unpaired) electrons. The van der Waals surface area contributed by atoms with Crippen LogP contribution in [0, 0.1) is 25.1 Å². The third-order valence-corrected chi connectivity index (χ3v) is 4.26. The van der Waals surface area contributed by atoms with Crippen molar-refractivity contribution in [3.63, 3.8) is 0 Å². The van der Waals surface area contributed by atoms with Crippen molar-refractivity contribution < 1.29 is 13.9 Å². The average molecular weight is 343 g/mol. The number of ether oxygens (including phenoxy) is 1. The molecule has 25 heavy (non-hydrogen) atoms. The summed E-state index contributed by atoms with van der Waals surface area (Å²) in [6, 6.07) is 11.9. The van der Waals surface area contributed by atoms with Gasteiger partial charge in [-0.05, 0) is 68.1 Å². The van der Waals surface area contributed by atoms with Crippen molar-refractivity contribution in [1.82, 2.24) is 0 Å². The van der Waals surface area contributed by atoms with E-state index in [2.05, 4.69) is 11.4 Å². The minimum absolute atomic E-state index is 0.0779. The molecule has 0 saturated carbocycles. The van der Waals surface area contributed by atoms with Gasteiger partial charge in [0.2, 0.25) is 5.91 Å². The van der Waals surface area contributed by atoms with Crippen molar-refractivity contribution >= 4 is 11.6 Å². The molecule has 3 nitrogen and oxygen atoms in total. The van der Waals surface area contributed by atoms with E-state index in [1.807, 2.05) is 39.8 Å². The van der Waals surface area contributed by atoms with Crippen LogP contribution in [0.5, 0.6) is 5.75 Å². The molecule has 0 bridgehead atoms. The first kappa shape index (κ1) is 19.0. The molecule has 0 aliphatic carbocycles. The predicted octanol–water partition coefficient (Wildman–Crippen LogP) is 5.27. The van der Waals surface area contributed by atoms with Crippen LogP contribution in [0.25, 0.3) is 0 Å². The van der Waals surface area contributed by atoms with Crippen LogP contribution in [0.3, 0.4) is 0 Å². The highest BCUT2D eigenvalue weighted by Gasteiger charge is 2.27. The molecule has 0 aromatic heterocycles. The van der Waals surface area contributed by atoms with Gasteiger partial charge in [0.15, 0.2) is 0 Å². The van der Waals surface area contributed by atoms with E-state index in [-0.39, 0.29) is 11.7 Å². The van der Waals surface area contributed by atoms with Gasteiger partial charge in [-0.25, -0.2) is 4.39 Å². The summed E-state index contributed by atoms with van der Waals surface area (Å²) in [7, 11) is 0. The first-order valence-corrected chi connectivity index (χ1v) is 8.55. The van der Waals surface area contributed by atoms with Crippen LogP contribution in [0.2, 0.25) is 0 Å². The number of benzene rings is 2. The summed E-state index contributed by atoms with van der Waals surface area (Å²) in [5.41, 5.74) is 2.35. The maximum atomic E-state index is 12.9. The molecule has 134 valence electrons. The number of hydrogen-bond donors (Lipinski definition) is 1. The van der Waals surface area contributed by atoms with Crippen LogP contribution in [-0.4, -0.2) is 12.5 Å². The van der Waals surface area contributed by atoms with Crippen molar-refractivity contribution in [1.29, 1.82) is 0 Å². The summed E-state index contributed by atoms with van der Waals surface area (Å²) in [6.07, 6.45) is 1.47. The molecule has 4 heteroatoms. The van der Waals surface area contributed by atoms with Gasteiger partial charge in [0.25, 0.3) is 0 Å². The Kier molecular flexibility index (Phi) is 6.18. The lowest BCUT2D eigenvalue weighted by atomic mass is 9.87. The zero-order valence-corrected chi connectivity index (χ0v) is 15.4. The van der Waals surface area contributed by atoms with Crippen LogP contribution in [-0.2, 0) is 4.79 Å². The second-order valence-electron chi connectivity index (χ2n) is 7.07. The van der Waals surface area contributed by atoms with Crippen LogP contribution in [0.4, 0.5) is 10.1 Å². The third kappa shape index (κ3) is 5.59. The number of aryl methyl sites for hydroxylation is 2. The topological polar surface area (TPSA) is 38.3 Å². The summed E-state index contributed by atoms with van der Waals surface area (Å²) >= 11 is 0. The fourth-order valence-corrected chi connectivity index (χ4v) is 2.51. The SMILES string of the molecule is Cc1ccc(C)c(OCCCC(C)(C)C(=O)Nc2ccc(F)cc2)c1. The van der Waals surface area contributed by atoms with E-state index >= 15 is 0 Å². The molecule has 0 aliphatic rings. The molecule has 0 saturated heterocycles. The van der Waals surface area contributed by atoms with Crippen LogP contribution >= 0.6 is 0 Å². The molecule has 0 heterocycles. The highest BCUT2D eigenvalue weighted by Crippen LogP contribution is 2.26. The number of nitrogens with one attached hydrogen (secondary N) is 1. The summed E-state index contributed by atoms with van der Waals surface area (Å²) < 4.78 is 18.8. The maximum Gasteiger partial charge on any atom is 0.230 e. The summed E-state index contributed by atoms with van der Waals surface area (Å²) in [5.74, 6) is 0.500. The molecule has 0 atom stereocenters. The quantitative estimate of drug-likeness (QED) is 0.696. The van der Waals surface area contributed by atoms with E-state index < -0.39 is 5.41 Å². The van der Waals surface area contributed by atoms with Gasteiger partial charge in [0.1, 0.15) is 11.6 Å². The Morgan fingerprint density at radius 3 is 2.48 bits per heavy atom. The smallest absolute Gasteiger partial charge is 0.230 e. The van der Waals surface area contributed by atoms with Gasteiger partial charge in [0.05, 0.1) is 6.61 Å². The second kappa shape index (κ2) is 8.15. The van der Waals surface area contributed by atoms with Crippen LogP contribution in [0.15, 0.2) is 42.5 Å². The highest BCUT2D eigenvalue weighted by molar-refractivity contribution is 5.94. The number of halogens is 1. The standard InChI is InChI=1S/C21H26FNO2/c1-15-6-7-16(2)19(14-15)25-13-5-12-21(3,4)20(24)23-18-10-8-17(22)9-11-18/h6-11,14H,5,12-13H2,1-4H3,(H,23,24). The zero-order valence-electron chi connectivity index (χ0n) is 15.4. The summed E-state index contributed by atoms with van der Waals surface area (Å²) in [6.45, 7) is 8.44. The number of carbonyl (C=O) groups is 1. The minimum Gasteiger partial charge on any atom is -0.493 e. The third-order valence-electron chi connectivity index (χ3n) is 4.26. The normalized spacial score (nSPS) is 11.2. The number of amides is 1. The molecule has 0 unspecified atom stereocenters. The Balaban J connectivity index is 1.82. The van der Waals surface area contributed by atoms with Gasteiger partial charge in [-0.15, -0.1) is 0 Å². The Morgan fingerprint density at radius 2 is 1.80 bits per heavy atom. The van der Waals surface area contributed by atoms with Crippen molar-refractivity contribution in [2.45, 2.75) is 40.5 Å². The number of anilines is 1. The number of carbonyl (C=O) groups excluding carboxylic acids is 1. The Labute approximate surface area is 149 Å². The maximum absolute atomic E-state index is 12.9. The highest BCUT2D eigenvalue weighted by atomic mass is 19.1. The molecule has 2 aromatic carbocycles. The second-order valence-corrected chi connectivity index (χ2v) is 7.07. The number of hydrogen-bond acceptors (Lipinski definition) is 2. The van der Waals surface area contributed by atoms with E-state index in [4.69, 9.17) is 4.74 Å². The van der Waals surface area contributed by atoms with Crippen molar-refractivity contribution in [2.75, 3.05) is 11.9 Å². The molecular formula is C21H26FNO2. The molecule has 0 aliphatic heterocycles. The lowest BCUT2D eigenvalue weighted by Gasteiger charge is -2.23. The lowest BCUT2D eigenvalue weighted by Crippen LogP contribution is -2.31. The van der Waals surface area contributed by atoms with Crippen molar-refractivity contribution in [3.8, 4) is 5.75 Å². The van der Waals surface area contributed by atoms with E-state index in [1.165, 1.54) is 17.7 Å². The fourth-order valence-electron chi connectivity index (χ4n) is 2.51. The minimum atomic E-state index is -0.528. The first-order chi connectivity index (χ1) is 11.8. The van der Waals surface area contributed by atoms with Crippen molar-refractivity contribution in [2.24, 2.45) is 5.41 Å². The van der Waals surface area contributed by atoms with Gasteiger partial charge in [-0.2, -0.15) is 0 Å². The Hall–Kier alpha value is -2.36. The fraction of sp³-hybridized carbons (Fsp3) is 0.381. The summed E-state index contributed by atoms with van der Waals surface area (Å²) in [5, 5.41) is 2.84. The monoisotopic (exact) mass is 343 g/mol. The van der Waals surface area contributed by atoms with Crippen molar-refractivity contribution in [3.05, 3.63) is 59.4 Å². The molecular weight excluding hydrogens is 317 g/mol. The molecule has 1 N–H and O–H groups in total. The molecule has 2 rings (SSSR count). The molecule has 0 fully saturated rings. The molecule has 0 spiro atoms. The zero-order chi connectivity index (χ0) is 18.4. The van der Waals surface area contributed by atoms with E-state index in [9.17, 15) is 9.18 Å². The molecule has 1 amide bonds. The van der Waals surface area contributed by atoms with Gasteiger partial charge in [0, 0.05) is 11.1 Å². The summed E-state index contributed by atoms with van der Waals surface area (Å²) in [4.78, 5) is 12.4. The van der Waals surface area contributed by atoms with E-state index in [0.717, 1.165) is 17.7 Å². The number of rotatable bonds is 7. The van der Waals surface area contributed by atoms with Gasteiger partial charge < -0.3 is 10.1 Å². The predicted molar refractivity (Wildman–Crippen MR) is 99.5 cm³/mol. The van der Waals surface area contributed by atoms with Gasteiger partial charge in [-0.1, -0.05) is 26.0 Å². The van der Waals surface area contributed by atoms with Gasteiger partial charge >= 0.3 is 0 Å². The van der Waals surface area contributed by atoms with E-state index in [0.29, 0.717) is 18.7 Å². The Morgan fingerprint density at radius 1 is 1.12 bits per heavy atom. The molecule has 2 aromatic rings. The lowest BCUT2D eigenvalue weighted by molar-refractivity contribution is -0.124. The van der Waals surface area contributed by atoms with Crippen LogP contribution in [0.1, 0.15) is 37.8 Å². The Bertz CT molecular complexity index is 723. The average Bonchev–Trinajstić information content (AvgIpc) is 2.56. The van der Waals surface area contributed by atoms with E-state index in [1.54, 1.807) is 12.1 Å².